The van der Waals surface area contributed by atoms with Crippen molar-refractivity contribution in [2.45, 2.75) is 183 Å². The molecular weight excluding hydrogens is 704 g/mol. The third-order valence-electron chi connectivity index (χ3n) is 14.2. The summed E-state index contributed by atoms with van der Waals surface area (Å²) in [5.41, 5.74) is -2.32. The molecule has 1 heterocycles. The van der Waals surface area contributed by atoms with Crippen LogP contribution in [0.25, 0.3) is 0 Å². The molecule has 1 N–H and O–H groups in total. The van der Waals surface area contributed by atoms with Gasteiger partial charge in [-0.15, -0.1) is 0 Å². The van der Waals surface area contributed by atoms with Gasteiger partial charge in [0, 0.05) is 24.7 Å². The summed E-state index contributed by atoms with van der Waals surface area (Å²) in [6, 6.07) is 0. The Hall–Kier alpha value is -2.53. The van der Waals surface area contributed by atoms with Gasteiger partial charge in [0.05, 0.1) is 34.6 Å². The highest BCUT2D eigenvalue weighted by atomic mass is 16.7. The number of carbonyl (C=O) groups excluding carboxylic acids is 5. The zero-order valence-corrected chi connectivity index (χ0v) is 34.5. The molecule has 0 amide bonds. The predicted molar refractivity (Wildman–Crippen MR) is 206 cm³/mol. The van der Waals surface area contributed by atoms with E-state index in [9.17, 15) is 29.1 Å². The van der Waals surface area contributed by atoms with Crippen molar-refractivity contribution in [2.24, 2.45) is 51.8 Å². The second kappa shape index (κ2) is 17.1. The normalized spacial score (nSPS) is 35.4. The Balaban J connectivity index is 0.000000186. The fraction of sp³-hybridized carbons (Fsp3) is 0.886. The van der Waals surface area contributed by atoms with E-state index in [0.717, 1.165) is 63.7 Å². The van der Waals surface area contributed by atoms with Gasteiger partial charge in [0.2, 0.25) is 6.10 Å². The number of cyclic esters (lactones) is 1. The van der Waals surface area contributed by atoms with E-state index in [1.165, 1.54) is 12.8 Å². The van der Waals surface area contributed by atoms with Crippen molar-refractivity contribution in [3.05, 3.63) is 0 Å². The molecule has 314 valence electrons. The minimum Gasteiger partial charge on any atom is -0.463 e. The van der Waals surface area contributed by atoms with E-state index in [0.29, 0.717) is 49.4 Å². The SMILES string of the molecule is C.CCC(C)(C)C(=O)OC12CC3CC(CC(O)(C3)C1)C2.CCC(C)(C)C(=O)OC1CCOC1=O.CCC(C)(C)C(=O)OCOC1C2CC3CC(C2)C(=O)C1C3. The number of Topliss-reactive ketones (excluding diaryl/α,β-unsaturated/α-hetero) is 1. The Kier molecular flexibility index (Phi) is 14.1. The lowest BCUT2D eigenvalue weighted by atomic mass is 9.52. The summed E-state index contributed by atoms with van der Waals surface area (Å²) in [6.45, 7) is 17.5. The number of aliphatic hydroxyl groups is 1. The van der Waals surface area contributed by atoms with Crippen LogP contribution in [0.3, 0.4) is 0 Å². The zero-order valence-electron chi connectivity index (χ0n) is 34.5. The molecule has 8 aliphatic carbocycles. The average Bonchev–Trinajstić information content (AvgIpc) is 3.50. The number of ether oxygens (including phenoxy) is 5. The number of hydrogen-bond acceptors (Lipinski definition) is 11. The van der Waals surface area contributed by atoms with Crippen LogP contribution in [-0.4, -0.2) is 71.6 Å². The zero-order chi connectivity index (χ0) is 39.9. The molecule has 9 fully saturated rings. The van der Waals surface area contributed by atoms with Crippen LogP contribution < -0.4 is 0 Å². The van der Waals surface area contributed by atoms with E-state index in [1.54, 1.807) is 13.8 Å². The van der Waals surface area contributed by atoms with Crippen LogP contribution >= 0.6 is 0 Å². The fourth-order valence-electron chi connectivity index (χ4n) is 10.1. The molecule has 0 aromatic rings. The van der Waals surface area contributed by atoms with Crippen LogP contribution in [0.2, 0.25) is 0 Å². The van der Waals surface area contributed by atoms with Crippen LogP contribution in [-0.2, 0) is 47.7 Å². The van der Waals surface area contributed by atoms with Crippen LogP contribution in [0.5, 0.6) is 0 Å². The van der Waals surface area contributed by atoms with Crippen molar-refractivity contribution < 1.29 is 52.8 Å². The quantitative estimate of drug-likeness (QED) is 0.124. The van der Waals surface area contributed by atoms with Crippen molar-refractivity contribution in [3.8, 4) is 0 Å². The minimum absolute atomic E-state index is 0. The Labute approximate surface area is 330 Å². The summed E-state index contributed by atoms with van der Waals surface area (Å²) in [6.07, 6.45) is 11.9. The van der Waals surface area contributed by atoms with Crippen LogP contribution in [0.4, 0.5) is 0 Å². The van der Waals surface area contributed by atoms with Crippen molar-refractivity contribution in [2.75, 3.05) is 13.4 Å². The first-order chi connectivity index (χ1) is 25.1. The number of rotatable bonds is 11. The Morgan fingerprint density at radius 1 is 0.764 bits per heavy atom. The molecule has 9 rings (SSSR count). The Morgan fingerprint density at radius 3 is 1.89 bits per heavy atom. The van der Waals surface area contributed by atoms with E-state index in [1.807, 2.05) is 48.5 Å². The molecule has 8 bridgehead atoms. The van der Waals surface area contributed by atoms with Crippen molar-refractivity contribution in [1.29, 1.82) is 0 Å². The maximum absolute atomic E-state index is 12.4. The first kappa shape index (κ1) is 45.2. The summed E-state index contributed by atoms with van der Waals surface area (Å²) in [5, 5.41) is 10.6. The largest absolute Gasteiger partial charge is 0.463 e. The van der Waals surface area contributed by atoms with Crippen molar-refractivity contribution in [1.82, 2.24) is 0 Å². The smallest absolute Gasteiger partial charge is 0.347 e. The number of ketones is 1. The molecule has 1 aliphatic heterocycles. The van der Waals surface area contributed by atoms with Crippen molar-refractivity contribution in [3.63, 3.8) is 0 Å². The topological polar surface area (TPSA) is 152 Å². The van der Waals surface area contributed by atoms with Gasteiger partial charge < -0.3 is 28.8 Å². The van der Waals surface area contributed by atoms with E-state index < -0.39 is 33.9 Å². The van der Waals surface area contributed by atoms with Gasteiger partial charge in [0.1, 0.15) is 11.4 Å². The summed E-state index contributed by atoms with van der Waals surface area (Å²) in [4.78, 5) is 59.2. The first-order valence-corrected chi connectivity index (χ1v) is 20.8. The van der Waals surface area contributed by atoms with E-state index in [2.05, 4.69) is 0 Å². The number of hydrogen-bond donors (Lipinski definition) is 1. The molecule has 0 spiro atoms. The highest BCUT2D eigenvalue weighted by Gasteiger charge is 2.60. The first-order valence-electron chi connectivity index (χ1n) is 20.8. The fourth-order valence-corrected chi connectivity index (χ4v) is 10.1. The lowest BCUT2D eigenvalue weighted by molar-refractivity contribution is -0.225. The highest BCUT2D eigenvalue weighted by molar-refractivity contribution is 5.86. The lowest BCUT2D eigenvalue weighted by Crippen LogP contribution is -2.61. The molecule has 1 saturated heterocycles. The average molecular weight is 777 g/mol. The maximum atomic E-state index is 12.4. The molecule has 0 aromatic carbocycles. The molecule has 8 saturated carbocycles. The summed E-state index contributed by atoms with van der Waals surface area (Å²) in [5.74, 6) is 2.00. The Bertz CT molecular complexity index is 1400. The molecule has 9 aliphatic rings. The van der Waals surface area contributed by atoms with E-state index in [-0.39, 0.29) is 55.7 Å². The third-order valence-corrected chi connectivity index (χ3v) is 14.2. The van der Waals surface area contributed by atoms with Gasteiger partial charge in [-0.3, -0.25) is 19.2 Å². The Morgan fingerprint density at radius 2 is 1.35 bits per heavy atom. The van der Waals surface area contributed by atoms with Gasteiger partial charge in [-0.1, -0.05) is 28.2 Å². The number of esters is 4. The van der Waals surface area contributed by atoms with Gasteiger partial charge in [-0.25, -0.2) is 4.79 Å². The van der Waals surface area contributed by atoms with E-state index in [4.69, 9.17) is 23.7 Å². The monoisotopic (exact) mass is 777 g/mol. The molecule has 0 aromatic heterocycles. The summed E-state index contributed by atoms with van der Waals surface area (Å²) in [7, 11) is 0. The number of carbonyl (C=O) groups is 5. The van der Waals surface area contributed by atoms with Crippen LogP contribution in [0.15, 0.2) is 0 Å². The molecule has 8 atom stereocenters. The summed E-state index contributed by atoms with van der Waals surface area (Å²) < 4.78 is 26.8. The van der Waals surface area contributed by atoms with Crippen LogP contribution in [0, 0.1) is 51.8 Å². The molecule has 11 heteroatoms. The highest BCUT2D eigenvalue weighted by Crippen LogP contribution is 2.59. The molecule has 55 heavy (non-hydrogen) atoms. The van der Waals surface area contributed by atoms with Gasteiger partial charge in [-0.2, -0.15) is 0 Å². The lowest BCUT2D eigenvalue weighted by Gasteiger charge is -2.59. The van der Waals surface area contributed by atoms with Crippen LogP contribution in [0.1, 0.15) is 160 Å². The maximum Gasteiger partial charge on any atom is 0.347 e. The summed E-state index contributed by atoms with van der Waals surface area (Å²) >= 11 is 0. The molecule has 0 radical (unpaired) electrons. The third kappa shape index (κ3) is 10.1. The molecule has 11 nitrogen and oxygen atoms in total. The van der Waals surface area contributed by atoms with E-state index >= 15 is 0 Å². The van der Waals surface area contributed by atoms with Gasteiger partial charge in [0.15, 0.2) is 6.79 Å². The predicted octanol–water partition coefficient (Wildman–Crippen LogP) is 7.91. The minimum atomic E-state index is -0.687. The molecule has 8 unspecified atom stereocenters. The second-order valence-electron chi connectivity index (χ2n) is 19.8. The second-order valence-corrected chi connectivity index (χ2v) is 19.8. The van der Waals surface area contributed by atoms with Gasteiger partial charge >= 0.3 is 23.9 Å². The standard InChI is InChI=1S/C17H26O4.C16H26O3.C10H16O4.CH4/c1-4-17(2,3)16(19)21-9-20-15-12-6-10-5-11(8-12)14(18)13(15)7-10;1-4-14(2,3)13(17)19-16-8-11-5-12(9-16)7-15(18,6-11)10-16;1-4-10(2,3)9(12)14-7-5-6-13-8(7)11;/h10-13,15H,4-9H2,1-3H3;11-12,18H,4-10H2,1-3H3;7H,4-6H2,1-3H3;1H4. The molecular formula is C44H72O11. The van der Waals surface area contributed by atoms with Gasteiger partial charge in [0.25, 0.3) is 0 Å². The van der Waals surface area contributed by atoms with Gasteiger partial charge in [-0.05, 0) is 142 Å². The van der Waals surface area contributed by atoms with Crippen molar-refractivity contribution >= 4 is 29.7 Å².